The van der Waals surface area contributed by atoms with E-state index in [9.17, 15) is 13.6 Å². The fourth-order valence-electron chi connectivity index (χ4n) is 1.94. The summed E-state index contributed by atoms with van der Waals surface area (Å²) in [5.41, 5.74) is 1.54. The van der Waals surface area contributed by atoms with Gasteiger partial charge in [0.2, 0.25) is 5.91 Å². The Bertz CT molecular complexity index is 627. The van der Waals surface area contributed by atoms with Crippen LogP contribution in [0.5, 0.6) is 0 Å². The Balaban J connectivity index is 1.99. The summed E-state index contributed by atoms with van der Waals surface area (Å²) in [6.07, 6.45) is 0.310. The number of hydrogen-bond donors (Lipinski definition) is 2. The number of aliphatic hydroxyl groups excluding tert-OH is 1. The predicted octanol–water partition coefficient (Wildman–Crippen LogP) is 2.68. The molecule has 0 heterocycles. The summed E-state index contributed by atoms with van der Waals surface area (Å²) in [6.45, 7) is 0.0601. The number of anilines is 1. The van der Waals surface area contributed by atoms with E-state index in [1.165, 1.54) is 0 Å². The highest BCUT2D eigenvalue weighted by atomic mass is 19.1. The molecule has 2 aromatic rings. The largest absolute Gasteiger partial charge is 0.396 e. The molecular formula is C16H15F2NO2. The molecule has 2 N–H and O–H groups in total. The number of halogens is 2. The van der Waals surface area contributed by atoms with Gasteiger partial charge in [-0.1, -0.05) is 12.1 Å². The van der Waals surface area contributed by atoms with Crippen LogP contribution < -0.4 is 5.32 Å². The first-order chi connectivity index (χ1) is 10.1. The predicted molar refractivity (Wildman–Crippen MR) is 75.9 cm³/mol. The first-order valence-electron chi connectivity index (χ1n) is 6.52. The van der Waals surface area contributed by atoms with E-state index in [-0.39, 0.29) is 18.6 Å². The molecule has 2 rings (SSSR count). The first-order valence-corrected chi connectivity index (χ1v) is 6.52. The van der Waals surface area contributed by atoms with Crippen molar-refractivity contribution in [3.63, 3.8) is 0 Å². The summed E-state index contributed by atoms with van der Waals surface area (Å²) >= 11 is 0. The molecule has 0 aromatic heterocycles. The van der Waals surface area contributed by atoms with Gasteiger partial charge in [0.05, 0.1) is 6.42 Å². The standard InChI is InChI=1S/C16H15F2NO2/c17-13-3-6-15(18)12(9-13)10-16(21)19-14-4-1-11(2-5-14)7-8-20/h1-6,9,20H,7-8,10H2,(H,19,21). The topological polar surface area (TPSA) is 49.3 Å². The molecule has 0 bridgehead atoms. The zero-order valence-electron chi connectivity index (χ0n) is 11.3. The molecule has 110 valence electrons. The third-order valence-corrected chi connectivity index (χ3v) is 3.00. The Labute approximate surface area is 121 Å². The number of benzene rings is 2. The minimum atomic E-state index is -0.607. The summed E-state index contributed by atoms with van der Waals surface area (Å²) < 4.78 is 26.5. The van der Waals surface area contributed by atoms with Gasteiger partial charge in [0, 0.05) is 17.9 Å². The number of nitrogens with one attached hydrogen (secondary N) is 1. The fourth-order valence-corrected chi connectivity index (χ4v) is 1.94. The van der Waals surface area contributed by atoms with Gasteiger partial charge in [0.25, 0.3) is 0 Å². The number of carbonyl (C=O) groups is 1. The van der Waals surface area contributed by atoms with Gasteiger partial charge in [0.15, 0.2) is 0 Å². The first kappa shape index (κ1) is 15.1. The fraction of sp³-hybridized carbons (Fsp3) is 0.188. The molecule has 0 radical (unpaired) electrons. The molecule has 0 saturated heterocycles. The minimum absolute atomic E-state index is 0.0180. The molecule has 1 amide bonds. The highest BCUT2D eigenvalue weighted by Gasteiger charge is 2.09. The molecule has 0 aliphatic carbocycles. The molecule has 2 aromatic carbocycles. The zero-order chi connectivity index (χ0) is 15.2. The second-order valence-corrected chi connectivity index (χ2v) is 4.63. The van der Waals surface area contributed by atoms with Crippen molar-refractivity contribution in [3.05, 3.63) is 65.2 Å². The summed E-state index contributed by atoms with van der Waals surface area (Å²) in [5.74, 6) is -1.60. The van der Waals surface area contributed by atoms with Crippen LogP contribution in [0.1, 0.15) is 11.1 Å². The van der Waals surface area contributed by atoms with Crippen LogP contribution in [0.15, 0.2) is 42.5 Å². The van der Waals surface area contributed by atoms with Gasteiger partial charge in [-0.2, -0.15) is 0 Å². The third kappa shape index (κ3) is 4.36. The Morgan fingerprint density at radius 3 is 2.48 bits per heavy atom. The van der Waals surface area contributed by atoms with Crippen LogP contribution in [0.2, 0.25) is 0 Å². The van der Waals surface area contributed by atoms with Crippen LogP contribution in [-0.4, -0.2) is 17.6 Å². The average Bonchev–Trinajstić information content (AvgIpc) is 2.45. The lowest BCUT2D eigenvalue weighted by molar-refractivity contribution is -0.115. The van der Waals surface area contributed by atoms with Gasteiger partial charge in [-0.05, 0) is 42.3 Å². The quantitative estimate of drug-likeness (QED) is 0.890. The second kappa shape index (κ2) is 6.95. The summed E-state index contributed by atoms with van der Waals surface area (Å²) in [7, 11) is 0. The smallest absolute Gasteiger partial charge is 0.228 e. The maximum Gasteiger partial charge on any atom is 0.228 e. The van der Waals surface area contributed by atoms with Crippen molar-refractivity contribution in [2.75, 3.05) is 11.9 Å². The Hall–Kier alpha value is -2.27. The number of aliphatic hydroxyl groups is 1. The molecule has 21 heavy (non-hydrogen) atoms. The van der Waals surface area contributed by atoms with Crippen LogP contribution >= 0.6 is 0 Å². The van der Waals surface area contributed by atoms with E-state index in [0.29, 0.717) is 12.1 Å². The van der Waals surface area contributed by atoms with Crippen molar-refractivity contribution in [3.8, 4) is 0 Å². The third-order valence-electron chi connectivity index (χ3n) is 3.00. The molecule has 0 atom stereocenters. The lowest BCUT2D eigenvalue weighted by Crippen LogP contribution is -2.15. The molecule has 0 saturated carbocycles. The van der Waals surface area contributed by atoms with E-state index in [1.54, 1.807) is 24.3 Å². The molecule has 0 spiro atoms. The van der Waals surface area contributed by atoms with Crippen molar-refractivity contribution in [2.24, 2.45) is 0 Å². The number of carbonyl (C=O) groups excluding carboxylic acids is 1. The number of rotatable bonds is 5. The molecule has 3 nitrogen and oxygen atoms in total. The van der Waals surface area contributed by atoms with Crippen molar-refractivity contribution >= 4 is 11.6 Å². The Morgan fingerprint density at radius 1 is 1.10 bits per heavy atom. The van der Waals surface area contributed by atoms with Crippen LogP contribution in [-0.2, 0) is 17.6 Å². The Kier molecular flexibility index (Phi) is 5.00. The van der Waals surface area contributed by atoms with E-state index in [4.69, 9.17) is 5.11 Å². The lowest BCUT2D eigenvalue weighted by atomic mass is 10.1. The SMILES string of the molecule is O=C(Cc1cc(F)ccc1F)Nc1ccc(CCO)cc1. The van der Waals surface area contributed by atoms with Crippen LogP contribution in [0.25, 0.3) is 0 Å². The van der Waals surface area contributed by atoms with E-state index in [0.717, 1.165) is 23.8 Å². The van der Waals surface area contributed by atoms with Gasteiger partial charge in [0.1, 0.15) is 11.6 Å². The maximum absolute atomic E-state index is 13.4. The van der Waals surface area contributed by atoms with Gasteiger partial charge in [-0.15, -0.1) is 0 Å². The van der Waals surface area contributed by atoms with Crippen molar-refractivity contribution in [1.29, 1.82) is 0 Å². The van der Waals surface area contributed by atoms with Crippen LogP contribution in [0, 0.1) is 11.6 Å². The van der Waals surface area contributed by atoms with Crippen molar-refractivity contribution in [1.82, 2.24) is 0 Å². The van der Waals surface area contributed by atoms with Crippen molar-refractivity contribution < 1.29 is 18.7 Å². The molecular weight excluding hydrogens is 276 g/mol. The molecule has 0 aliphatic heterocycles. The van der Waals surface area contributed by atoms with Gasteiger partial charge >= 0.3 is 0 Å². The highest BCUT2D eigenvalue weighted by Crippen LogP contribution is 2.13. The monoisotopic (exact) mass is 291 g/mol. The summed E-state index contributed by atoms with van der Waals surface area (Å²) in [4.78, 5) is 11.8. The zero-order valence-corrected chi connectivity index (χ0v) is 11.3. The van der Waals surface area contributed by atoms with E-state index < -0.39 is 17.5 Å². The van der Waals surface area contributed by atoms with Crippen molar-refractivity contribution in [2.45, 2.75) is 12.8 Å². The van der Waals surface area contributed by atoms with Crippen LogP contribution in [0.3, 0.4) is 0 Å². The average molecular weight is 291 g/mol. The lowest BCUT2D eigenvalue weighted by Gasteiger charge is -2.07. The van der Waals surface area contributed by atoms with Gasteiger partial charge in [-0.3, -0.25) is 4.79 Å². The molecule has 5 heteroatoms. The Morgan fingerprint density at radius 2 is 1.81 bits per heavy atom. The summed E-state index contributed by atoms with van der Waals surface area (Å²) in [6, 6.07) is 10.00. The molecule has 0 fully saturated rings. The normalized spacial score (nSPS) is 10.4. The maximum atomic E-state index is 13.4. The van der Waals surface area contributed by atoms with E-state index >= 15 is 0 Å². The molecule has 0 aliphatic rings. The second-order valence-electron chi connectivity index (χ2n) is 4.63. The van der Waals surface area contributed by atoms with Gasteiger partial charge in [-0.25, -0.2) is 8.78 Å². The van der Waals surface area contributed by atoms with E-state index in [1.807, 2.05) is 0 Å². The van der Waals surface area contributed by atoms with E-state index in [2.05, 4.69) is 5.32 Å². The minimum Gasteiger partial charge on any atom is -0.396 e. The summed E-state index contributed by atoms with van der Waals surface area (Å²) in [5, 5.41) is 11.4. The highest BCUT2D eigenvalue weighted by molar-refractivity contribution is 5.92. The number of amides is 1. The number of hydrogen-bond acceptors (Lipinski definition) is 2. The van der Waals surface area contributed by atoms with Gasteiger partial charge < -0.3 is 10.4 Å². The molecule has 0 unspecified atom stereocenters. The van der Waals surface area contributed by atoms with Crippen LogP contribution in [0.4, 0.5) is 14.5 Å².